The minimum Gasteiger partial charge on any atom is -0.387 e. The summed E-state index contributed by atoms with van der Waals surface area (Å²) in [6.07, 6.45) is 35.6. The number of nitrogens with zero attached hydrogens (tertiary/aromatic N) is 1. The first-order valence-corrected chi connectivity index (χ1v) is 22.9. The van der Waals surface area contributed by atoms with Gasteiger partial charge in [-0.15, -0.1) is 0 Å². The second-order valence-corrected chi connectivity index (χ2v) is 18.0. The molecule has 0 spiro atoms. The lowest BCUT2D eigenvalue weighted by atomic mass is 10.0. The summed E-state index contributed by atoms with van der Waals surface area (Å²) < 4.78 is 23.5. The van der Waals surface area contributed by atoms with Crippen LogP contribution in [0.1, 0.15) is 194 Å². The van der Waals surface area contributed by atoms with Gasteiger partial charge in [0.05, 0.1) is 39.9 Å². The van der Waals surface area contributed by atoms with Gasteiger partial charge < -0.3 is 19.8 Å². The van der Waals surface area contributed by atoms with Gasteiger partial charge in [-0.2, -0.15) is 0 Å². The molecule has 3 atom stereocenters. The lowest BCUT2D eigenvalue weighted by molar-refractivity contribution is -0.870. The van der Waals surface area contributed by atoms with Gasteiger partial charge in [-0.1, -0.05) is 181 Å². The van der Waals surface area contributed by atoms with E-state index in [9.17, 15) is 19.4 Å². The monoisotopic (exact) mass is 746 g/mol. The number of aliphatic hydroxyl groups is 1. The quantitative estimate of drug-likeness (QED) is 0.0251. The molecule has 0 radical (unpaired) electrons. The smallest absolute Gasteiger partial charge is 0.387 e. The lowest BCUT2D eigenvalue weighted by Gasteiger charge is -2.25. The van der Waals surface area contributed by atoms with Crippen molar-refractivity contribution < 1.29 is 32.9 Å². The highest BCUT2D eigenvalue weighted by atomic mass is 31.2. The van der Waals surface area contributed by atoms with E-state index in [4.69, 9.17) is 9.05 Å². The van der Waals surface area contributed by atoms with E-state index in [-0.39, 0.29) is 19.1 Å². The Balaban J connectivity index is 4.40. The van der Waals surface area contributed by atoms with Crippen molar-refractivity contribution >= 4 is 13.7 Å². The van der Waals surface area contributed by atoms with Gasteiger partial charge in [0, 0.05) is 6.42 Å². The van der Waals surface area contributed by atoms with Crippen LogP contribution in [0.2, 0.25) is 0 Å². The summed E-state index contributed by atoms with van der Waals surface area (Å²) in [5.41, 5.74) is 0. The van der Waals surface area contributed by atoms with Crippen molar-refractivity contribution in [2.75, 3.05) is 40.9 Å². The molecule has 0 aliphatic rings. The first kappa shape index (κ1) is 50.2. The third-order valence-corrected chi connectivity index (χ3v) is 10.7. The molecule has 8 nitrogen and oxygen atoms in total. The maximum Gasteiger partial charge on any atom is 0.472 e. The molecule has 0 aromatic carbocycles. The molecule has 0 bridgehead atoms. The lowest BCUT2D eigenvalue weighted by Crippen LogP contribution is -2.45. The van der Waals surface area contributed by atoms with Crippen LogP contribution < -0.4 is 5.32 Å². The number of rotatable bonds is 38. The summed E-state index contributed by atoms with van der Waals surface area (Å²) in [7, 11) is 1.58. The van der Waals surface area contributed by atoms with Crippen LogP contribution in [-0.2, 0) is 18.4 Å². The summed E-state index contributed by atoms with van der Waals surface area (Å²) in [6.45, 7) is 7.13. The van der Waals surface area contributed by atoms with Gasteiger partial charge in [-0.05, 0) is 25.2 Å². The summed E-state index contributed by atoms with van der Waals surface area (Å²) in [4.78, 5) is 23.1. The molecule has 0 heterocycles. The normalized spacial score (nSPS) is 14.7. The van der Waals surface area contributed by atoms with Crippen LogP contribution in [0.3, 0.4) is 0 Å². The van der Waals surface area contributed by atoms with Crippen LogP contribution in [0.25, 0.3) is 0 Å². The number of carbonyl (C=O) groups is 1. The van der Waals surface area contributed by atoms with Gasteiger partial charge in [0.15, 0.2) is 0 Å². The Kier molecular flexibility index (Phi) is 33.3. The highest BCUT2D eigenvalue weighted by molar-refractivity contribution is 7.47. The number of allylic oxidation sites excluding steroid dienone is 1. The van der Waals surface area contributed by atoms with Crippen molar-refractivity contribution in [2.45, 2.75) is 206 Å². The Bertz CT molecular complexity index is 863. The Morgan fingerprint density at radius 1 is 0.706 bits per heavy atom. The summed E-state index contributed by atoms with van der Waals surface area (Å²) in [5.74, 6) is 0.614. The number of nitrogens with one attached hydrogen (secondary N) is 1. The number of likely N-dealkylation sites (N-methyl/N-ethyl adjacent to an activating group) is 1. The maximum atomic E-state index is 12.8. The zero-order chi connectivity index (χ0) is 38.1. The molecule has 0 fully saturated rings. The SMILES string of the molecule is CCCCCCCCCCCCCCCCCCCC(=O)N[C@@H](COP(=O)(O)OCC[N+](C)(C)C)[C@H](O)/C=C/CCCCCCCCCC(C)C. The van der Waals surface area contributed by atoms with Crippen molar-refractivity contribution in [3.63, 3.8) is 0 Å². The van der Waals surface area contributed by atoms with Crippen LogP contribution in [0.4, 0.5) is 0 Å². The Labute approximate surface area is 316 Å². The van der Waals surface area contributed by atoms with Gasteiger partial charge in [0.2, 0.25) is 5.91 Å². The minimum atomic E-state index is -4.33. The van der Waals surface area contributed by atoms with Crippen LogP contribution in [0.5, 0.6) is 0 Å². The number of phosphoric ester groups is 1. The van der Waals surface area contributed by atoms with E-state index in [1.54, 1.807) is 6.08 Å². The molecule has 1 amide bonds. The average molecular weight is 746 g/mol. The number of hydrogen-bond acceptors (Lipinski definition) is 5. The third kappa shape index (κ3) is 37.4. The second kappa shape index (κ2) is 33.8. The fourth-order valence-corrected chi connectivity index (χ4v) is 6.96. The van der Waals surface area contributed by atoms with Gasteiger partial charge in [0.25, 0.3) is 0 Å². The predicted molar refractivity (Wildman–Crippen MR) is 217 cm³/mol. The molecule has 0 rings (SSSR count). The largest absolute Gasteiger partial charge is 0.472 e. The zero-order valence-electron chi connectivity index (χ0n) is 34.5. The molecule has 0 aliphatic carbocycles. The first-order chi connectivity index (χ1) is 24.4. The number of phosphoric acid groups is 1. The van der Waals surface area contributed by atoms with Crippen molar-refractivity contribution in [1.82, 2.24) is 5.32 Å². The van der Waals surface area contributed by atoms with Crippen molar-refractivity contribution in [3.05, 3.63) is 12.2 Å². The number of carbonyl (C=O) groups excluding carboxylic acids is 1. The average Bonchev–Trinajstić information content (AvgIpc) is 3.06. The summed E-state index contributed by atoms with van der Waals surface area (Å²) >= 11 is 0. The van der Waals surface area contributed by atoms with Crippen LogP contribution in [0.15, 0.2) is 12.2 Å². The van der Waals surface area contributed by atoms with Crippen LogP contribution >= 0.6 is 7.82 Å². The molecular weight excluding hydrogens is 659 g/mol. The standard InChI is InChI=1S/C42H85N2O6P/c1-7-8-9-10-11-12-13-14-15-16-17-18-19-23-26-29-32-35-42(46)43-40(38-50-51(47,48)49-37-36-44(4,5)6)41(45)34-31-28-25-22-20-21-24-27-30-33-39(2)3/h31,34,39-41,45H,7-30,32-33,35-38H2,1-6H3,(H-,43,46,47,48)/p+1/b34-31+/t40-,41+/m0/s1. The Morgan fingerprint density at radius 3 is 1.63 bits per heavy atom. The number of hydrogen-bond donors (Lipinski definition) is 3. The van der Waals surface area contributed by atoms with Crippen LogP contribution in [-0.4, -0.2) is 73.4 Å². The zero-order valence-corrected chi connectivity index (χ0v) is 35.4. The van der Waals surface area contributed by atoms with Crippen molar-refractivity contribution in [2.24, 2.45) is 5.92 Å². The molecule has 9 heteroatoms. The number of quaternary nitrogens is 1. The van der Waals surface area contributed by atoms with Gasteiger partial charge in [-0.3, -0.25) is 13.8 Å². The second-order valence-electron chi connectivity index (χ2n) is 16.6. The Hall–Kier alpha value is -0.760. The third-order valence-electron chi connectivity index (χ3n) is 9.69. The molecule has 1 unspecified atom stereocenters. The van der Waals surface area contributed by atoms with E-state index in [0.717, 1.165) is 44.4 Å². The molecule has 0 aromatic heterocycles. The summed E-state index contributed by atoms with van der Waals surface area (Å²) in [6, 6.07) is -0.840. The molecule has 0 saturated carbocycles. The molecule has 0 saturated heterocycles. The van der Waals surface area contributed by atoms with E-state index < -0.39 is 20.0 Å². The minimum absolute atomic E-state index is 0.0635. The number of aliphatic hydroxyl groups excluding tert-OH is 1. The summed E-state index contributed by atoms with van der Waals surface area (Å²) in [5, 5.41) is 13.8. The van der Waals surface area contributed by atoms with E-state index in [2.05, 4.69) is 26.1 Å². The van der Waals surface area contributed by atoms with Crippen LogP contribution in [0, 0.1) is 5.92 Å². The topological polar surface area (TPSA) is 105 Å². The number of amides is 1. The Morgan fingerprint density at radius 2 is 1.16 bits per heavy atom. The molecular formula is C42H86N2O6P+. The highest BCUT2D eigenvalue weighted by Crippen LogP contribution is 2.43. The molecule has 3 N–H and O–H groups in total. The number of unbranched alkanes of at least 4 members (excludes halogenated alkanes) is 23. The van der Waals surface area contributed by atoms with Gasteiger partial charge >= 0.3 is 7.82 Å². The predicted octanol–water partition coefficient (Wildman–Crippen LogP) is 11.4. The maximum absolute atomic E-state index is 12.8. The van der Waals surface area contributed by atoms with Gasteiger partial charge in [-0.25, -0.2) is 4.57 Å². The van der Waals surface area contributed by atoms with E-state index in [1.807, 2.05) is 27.2 Å². The molecule has 0 aliphatic heterocycles. The highest BCUT2D eigenvalue weighted by Gasteiger charge is 2.27. The van der Waals surface area contributed by atoms with Crippen molar-refractivity contribution in [3.8, 4) is 0 Å². The van der Waals surface area contributed by atoms with E-state index >= 15 is 0 Å². The fourth-order valence-electron chi connectivity index (χ4n) is 6.23. The molecule has 0 aromatic rings. The first-order valence-electron chi connectivity index (χ1n) is 21.4. The molecule has 304 valence electrons. The van der Waals surface area contributed by atoms with Crippen molar-refractivity contribution in [1.29, 1.82) is 0 Å². The molecule has 51 heavy (non-hydrogen) atoms. The van der Waals surface area contributed by atoms with E-state index in [0.29, 0.717) is 17.4 Å². The van der Waals surface area contributed by atoms with Gasteiger partial charge in [0.1, 0.15) is 13.2 Å². The van der Waals surface area contributed by atoms with E-state index in [1.165, 1.54) is 128 Å². The fraction of sp³-hybridized carbons (Fsp3) is 0.929.